The molecule has 1 N–H and O–H groups in total. The number of sulfonamides is 1. The maximum atomic E-state index is 13.9. The zero-order valence-electron chi connectivity index (χ0n) is 15.4. The van der Waals surface area contributed by atoms with Gasteiger partial charge < -0.3 is 0 Å². The van der Waals surface area contributed by atoms with Gasteiger partial charge in [-0.2, -0.15) is 0 Å². The zero-order valence-corrected chi connectivity index (χ0v) is 16.3. The second kappa shape index (κ2) is 7.73. The minimum absolute atomic E-state index is 0.00345. The number of hydrogen-bond acceptors (Lipinski definition) is 6. The highest BCUT2D eigenvalue weighted by Gasteiger charge is 2.37. The maximum Gasteiger partial charge on any atom is 0.280 e. The Morgan fingerprint density at radius 2 is 1.83 bits per heavy atom. The second-order valence-corrected chi connectivity index (χ2v) is 8.27. The van der Waals surface area contributed by atoms with E-state index < -0.39 is 27.7 Å². The number of nitrogens with zero attached hydrogens (tertiary/aromatic N) is 3. The Morgan fingerprint density at radius 1 is 1.03 bits per heavy atom. The number of rotatable bonds is 6. The Morgan fingerprint density at radius 3 is 2.57 bits per heavy atom. The molecular weight excluding hydrogens is 411 g/mol. The monoisotopic (exact) mass is 426 g/mol. The molecule has 0 bridgehead atoms. The largest absolute Gasteiger partial charge is 0.280 e. The van der Waals surface area contributed by atoms with Gasteiger partial charge in [-0.15, -0.1) is 0 Å². The lowest BCUT2D eigenvalue weighted by Crippen LogP contribution is -2.31. The lowest BCUT2D eigenvalue weighted by Gasteiger charge is -2.17. The molecule has 0 unspecified atom stereocenters. The van der Waals surface area contributed by atoms with Crippen molar-refractivity contribution in [1.82, 2.24) is 19.6 Å². The summed E-state index contributed by atoms with van der Waals surface area (Å²) in [6, 6.07) is 9.53. The predicted octanol–water partition coefficient (Wildman–Crippen LogP) is 1.89. The number of carbonyl (C=O) groups excluding carboxylic acids is 2. The van der Waals surface area contributed by atoms with Crippen LogP contribution in [0.4, 0.5) is 4.39 Å². The van der Waals surface area contributed by atoms with E-state index in [0.29, 0.717) is 5.56 Å². The van der Waals surface area contributed by atoms with Gasteiger partial charge >= 0.3 is 0 Å². The lowest BCUT2D eigenvalue weighted by atomic mass is 10.2. The van der Waals surface area contributed by atoms with Crippen LogP contribution in [0.3, 0.4) is 0 Å². The van der Waals surface area contributed by atoms with Crippen LogP contribution in [0.2, 0.25) is 0 Å². The fourth-order valence-corrected chi connectivity index (χ4v) is 4.35. The van der Waals surface area contributed by atoms with Crippen LogP contribution < -0.4 is 4.72 Å². The summed E-state index contributed by atoms with van der Waals surface area (Å²) in [6.45, 7) is -0.388. The summed E-state index contributed by atoms with van der Waals surface area (Å²) in [5.41, 5.74) is 0.863. The molecule has 10 heteroatoms. The number of pyridine rings is 2. The van der Waals surface area contributed by atoms with E-state index in [9.17, 15) is 22.4 Å². The molecule has 1 aliphatic rings. The highest BCUT2D eigenvalue weighted by molar-refractivity contribution is 7.89. The predicted molar refractivity (Wildman–Crippen MR) is 103 cm³/mol. The number of halogens is 1. The van der Waals surface area contributed by atoms with E-state index >= 15 is 0 Å². The fourth-order valence-electron chi connectivity index (χ4n) is 3.10. The molecule has 0 radical (unpaired) electrons. The average Bonchev–Trinajstić information content (AvgIpc) is 2.99. The van der Waals surface area contributed by atoms with Gasteiger partial charge in [0.2, 0.25) is 10.0 Å². The molecule has 8 nitrogen and oxygen atoms in total. The third-order valence-corrected chi connectivity index (χ3v) is 6.05. The lowest BCUT2D eigenvalue weighted by molar-refractivity contribution is 0.0639. The molecule has 0 spiro atoms. The van der Waals surface area contributed by atoms with E-state index in [1.807, 2.05) is 0 Å². The number of hydrogen-bond donors (Lipinski definition) is 1. The summed E-state index contributed by atoms with van der Waals surface area (Å²) in [5, 5.41) is 0. The fraction of sp³-hybridized carbons (Fsp3) is 0.100. The number of amides is 2. The summed E-state index contributed by atoms with van der Waals surface area (Å²) in [5.74, 6) is -1.98. The molecule has 2 aromatic heterocycles. The Labute approximate surface area is 171 Å². The Kier molecular flexibility index (Phi) is 5.10. The second-order valence-electron chi connectivity index (χ2n) is 6.53. The summed E-state index contributed by atoms with van der Waals surface area (Å²) >= 11 is 0. The van der Waals surface area contributed by atoms with Crippen molar-refractivity contribution in [2.24, 2.45) is 0 Å². The van der Waals surface area contributed by atoms with Crippen molar-refractivity contribution < 1.29 is 22.4 Å². The first-order chi connectivity index (χ1) is 14.4. The molecule has 0 atom stereocenters. The molecule has 4 rings (SSSR count). The van der Waals surface area contributed by atoms with Gasteiger partial charge in [-0.1, -0.05) is 12.1 Å². The molecule has 1 aromatic carbocycles. The van der Waals surface area contributed by atoms with E-state index in [1.165, 1.54) is 30.6 Å². The van der Waals surface area contributed by atoms with Gasteiger partial charge in [-0.3, -0.25) is 24.5 Å². The van der Waals surface area contributed by atoms with Crippen molar-refractivity contribution >= 4 is 21.8 Å². The van der Waals surface area contributed by atoms with Gasteiger partial charge in [-0.25, -0.2) is 17.5 Å². The molecule has 3 heterocycles. The quantitative estimate of drug-likeness (QED) is 0.603. The molecule has 3 aromatic rings. The molecule has 2 amide bonds. The third-order valence-electron chi connectivity index (χ3n) is 4.57. The van der Waals surface area contributed by atoms with Crippen LogP contribution in [0, 0.1) is 5.82 Å². The van der Waals surface area contributed by atoms with E-state index in [1.54, 1.807) is 18.3 Å². The van der Waals surface area contributed by atoms with E-state index in [2.05, 4.69) is 14.7 Å². The number of nitrogens with one attached hydrogen (secondary N) is 1. The SMILES string of the molecule is O=C1c2cccnc2C(=O)N1Cc1ccc(F)cc1S(=O)(=O)NCc1cccnc1. The summed E-state index contributed by atoms with van der Waals surface area (Å²) < 4.78 is 41.9. The number of aromatic nitrogens is 2. The number of carbonyl (C=O) groups is 2. The number of benzene rings is 1. The van der Waals surface area contributed by atoms with Gasteiger partial charge in [0.05, 0.1) is 17.0 Å². The standard InChI is InChI=1S/C20H15FN4O4S/c21-15-6-5-14(12-25-19(26)16-4-2-8-23-18(16)20(25)27)17(9-15)30(28,29)24-11-13-3-1-7-22-10-13/h1-10,24H,11-12H2. The average molecular weight is 426 g/mol. The molecule has 0 saturated carbocycles. The first kappa shape index (κ1) is 19.8. The van der Waals surface area contributed by atoms with Crippen molar-refractivity contribution in [3.63, 3.8) is 0 Å². The number of imide groups is 1. The summed E-state index contributed by atoms with van der Waals surface area (Å²) in [7, 11) is -4.14. The van der Waals surface area contributed by atoms with Crippen LogP contribution >= 0.6 is 0 Å². The molecule has 0 saturated heterocycles. The van der Waals surface area contributed by atoms with Crippen LogP contribution in [-0.4, -0.2) is 35.1 Å². The van der Waals surface area contributed by atoms with Crippen LogP contribution in [0.1, 0.15) is 32.0 Å². The minimum atomic E-state index is -4.14. The Bertz CT molecular complexity index is 1210. The van der Waals surface area contributed by atoms with Crippen molar-refractivity contribution in [3.05, 3.63) is 89.3 Å². The minimum Gasteiger partial charge on any atom is -0.268 e. The molecular formula is C20H15FN4O4S. The highest BCUT2D eigenvalue weighted by atomic mass is 32.2. The van der Waals surface area contributed by atoms with E-state index in [0.717, 1.165) is 17.0 Å². The highest BCUT2D eigenvalue weighted by Crippen LogP contribution is 2.25. The van der Waals surface area contributed by atoms with Gasteiger partial charge in [0.25, 0.3) is 11.8 Å². The Hall–Kier alpha value is -3.50. The van der Waals surface area contributed by atoms with Crippen molar-refractivity contribution in [2.75, 3.05) is 0 Å². The Balaban J connectivity index is 1.63. The van der Waals surface area contributed by atoms with Gasteiger partial charge in [-0.05, 0) is 41.5 Å². The molecule has 30 heavy (non-hydrogen) atoms. The molecule has 0 fully saturated rings. The van der Waals surface area contributed by atoms with Crippen LogP contribution in [0.15, 0.2) is 66.0 Å². The summed E-state index contributed by atoms with van der Waals surface area (Å²) in [6.07, 6.45) is 4.45. The topological polar surface area (TPSA) is 109 Å². The first-order valence-corrected chi connectivity index (χ1v) is 10.3. The van der Waals surface area contributed by atoms with Crippen molar-refractivity contribution in [1.29, 1.82) is 0 Å². The van der Waals surface area contributed by atoms with Crippen LogP contribution in [0.25, 0.3) is 0 Å². The van der Waals surface area contributed by atoms with E-state index in [4.69, 9.17) is 0 Å². The summed E-state index contributed by atoms with van der Waals surface area (Å²) in [4.78, 5) is 33.5. The maximum absolute atomic E-state index is 13.9. The molecule has 1 aliphatic heterocycles. The van der Waals surface area contributed by atoms with Crippen molar-refractivity contribution in [2.45, 2.75) is 18.0 Å². The molecule has 152 valence electrons. The van der Waals surface area contributed by atoms with E-state index in [-0.39, 0.29) is 34.8 Å². The smallest absolute Gasteiger partial charge is 0.268 e. The molecule has 0 aliphatic carbocycles. The number of fused-ring (bicyclic) bond motifs is 1. The van der Waals surface area contributed by atoms with Gasteiger partial charge in [0.15, 0.2) is 0 Å². The van der Waals surface area contributed by atoms with Gasteiger partial charge in [0.1, 0.15) is 11.5 Å². The van der Waals surface area contributed by atoms with Crippen LogP contribution in [-0.2, 0) is 23.1 Å². The normalized spacial score (nSPS) is 13.6. The zero-order chi connectivity index (χ0) is 21.3. The third kappa shape index (κ3) is 3.70. The first-order valence-electron chi connectivity index (χ1n) is 8.85. The van der Waals surface area contributed by atoms with Crippen LogP contribution in [0.5, 0.6) is 0 Å². The van der Waals surface area contributed by atoms with Crippen molar-refractivity contribution in [3.8, 4) is 0 Å². The van der Waals surface area contributed by atoms with Gasteiger partial charge in [0, 0.05) is 25.1 Å².